The Labute approximate surface area is 104 Å². The van der Waals surface area contributed by atoms with Crippen LogP contribution >= 0.6 is 0 Å². The first kappa shape index (κ1) is 14.1. The molecule has 0 atom stereocenters. The molecule has 0 aliphatic heterocycles. The molecule has 0 radical (unpaired) electrons. The molecule has 1 amide bonds. The standard InChI is InChI=1S/C11H11FN2O3S/c12-9-3-1-4-10(7-9)18(16,17)8-11(15)14-6-2-5-13/h1,3-4,7H,2,6,8H2,(H,14,15). The van der Waals surface area contributed by atoms with Gasteiger partial charge in [-0.3, -0.25) is 4.79 Å². The Kier molecular flexibility index (Phi) is 4.80. The Morgan fingerprint density at radius 2 is 2.17 bits per heavy atom. The molecule has 0 aromatic heterocycles. The summed E-state index contributed by atoms with van der Waals surface area (Å²) < 4.78 is 36.4. The first-order valence-electron chi connectivity index (χ1n) is 5.07. The molecule has 18 heavy (non-hydrogen) atoms. The fourth-order valence-electron chi connectivity index (χ4n) is 1.23. The van der Waals surface area contributed by atoms with Gasteiger partial charge in [0, 0.05) is 6.54 Å². The minimum absolute atomic E-state index is 0.0913. The number of nitrogens with one attached hydrogen (secondary N) is 1. The monoisotopic (exact) mass is 270 g/mol. The van der Waals surface area contributed by atoms with Crippen LogP contribution in [0.4, 0.5) is 4.39 Å². The molecule has 5 nitrogen and oxygen atoms in total. The second-order valence-corrected chi connectivity index (χ2v) is 5.46. The van der Waals surface area contributed by atoms with Crippen molar-refractivity contribution >= 4 is 15.7 Å². The van der Waals surface area contributed by atoms with Gasteiger partial charge in [-0.1, -0.05) is 6.07 Å². The average Bonchev–Trinajstić information content (AvgIpc) is 2.28. The largest absolute Gasteiger partial charge is 0.354 e. The maximum absolute atomic E-state index is 12.9. The lowest BCUT2D eigenvalue weighted by atomic mass is 10.4. The fraction of sp³-hybridized carbons (Fsp3) is 0.273. The molecule has 0 aliphatic rings. The maximum atomic E-state index is 12.9. The van der Waals surface area contributed by atoms with Gasteiger partial charge in [-0.25, -0.2) is 12.8 Å². The number of rotatable bonds is 5. The van der Waals surface area contributed by atoms with E-state index in [1.54, 1.807) is 0 Å². The Morgan fingerprint density at radius 3 is 2.78 bits per heavy atom. The molecule has 7 heteroatoms. The Bertz CT molecular complexity index is 578. The van der Waals surface area contributed by atoms with Gasteiger partial charge in [0.2, 0.25) is 5.91 Å². The second kappa shape index (κ2) is 6.12. The molecule has 1 N–H and O–H groups in total. The molecule has 0 fully saturated rings. The zero-order valence-electron chi connectivity index (χ0n) is 9.39. The molecule has 1 aromatic carbocycles. The van der Waals surface area contributed by atoms with Gasteiger partial charge in [-0.05, 0) is 18.2 Å². The lowest BCUT2D eigenvalue weighted by Gasteiger charge is -2.05. The normalized spacial score (nSPS) is 10.7. The van der Waals surface area contributed by atoms with Crippen LogP contribution in [0.15, 0.2) is 29.2 Å². The number of sulfone groups is 1. The first-order valence-corrected chi connectivity index (χ1v) is 6.73. The van der Waals surface area contributed by atoms with Crippen molar-refractivity contribution in [2.24, 2.45) is 0 Å². The molecule has 0 spiro atoms. The molecule has 0 aliphatic carbocycles. The SMILES string of the molecule is N#CCCNC(=O)CS(=O)(=O)c1cccc(F)c1. The summed E-state index contributed by atoms with van der Waals surface area (Å²) >= 11 is 0. The predicted octanol–water partition coefficient (Wildman–Crippen LogP) is 0.629. The van der Waals surface area contributed by atoms with E-state index in [1.165, 1.54) is 12.1 Å². The van der Waals surface area contributed by atoms with Crippen molar-refractivity contribution in [3.63, 3.8) is 0 Å². The molecule has 1 aromatic rings. The number of nitriles is 1. The van der Waals surface area contributed by atoms with Gasteiger partial charge in [-0.2, -0.15) is 5.26 Å². The van der Waals surface area contributed by atoms with Crippen molar-refractivity contribution in [2.45, 2.75) is 11.3 Å². The van der Waals surface area contributed by atoms with Gasteiger partial charge < -0.3 is 5.32 Å². The van der Waals surface area contributed by atoms with Gasteiger partial charge in [0.1, 0.15) is 11.6 Å². The number of hydrogen-bond acceptors (Lipinski definition) is 4. The predicted molar refractivity (Wildman–Crippen MR) is 61.7 cm³/mol. The van der Waals surface area contributed by atoms with E-state index >= 15 is 0 Å². The highest BCUT2D eigenvalue weighted by molar-refractivity contribution is 7.92. The maximum Gasteiger partial charge on any atom is 0.235 e. The summed E-state index contributed by atoms with van der Waals surface area (Å²) in [5.74, 6) is -2.16. The van der Waals surface area contributed by atoms with E-state index in [9.17, 15) is 17.6 Å². The first-order chi connectivity index (χ1) is 8.45. The third-order valence-electron chi connectivity index (χ3n) is 2.04. The van der Waals surface area contributed by atoms with Crippen molar-refractivity contribution in [3.8, 4) is 6.07 Å². The second-order valence-electron chi connectivity index (χ2n) is 3.47. The fourth-order valence-corrected chi connectivity index (χ4v) is 2.42. The van der Waals surface area contributed by atoms with E-state index in [0.29, 0.717) is 0 Å². The van der Waals surface area contributed by atoms with Crippen molar-refractivity contribution < 1.29 is 17.6 Å². The highest BCUT2D eigenvalue weighted by atomic mass is 32.2. The number of benzene rings is 1. The van der Waals surface area contributed by atoms with Gasteiger partial charge in [0.15, 0.2) is 9.84 Å². The number of hydrogen-bond donors (Lipinski definition) is 1. The van der Waals surface area contributed by atoms with Crippen molar-refractivity contribution in [2.75, 3.05) is 12.3 Å². The number of nitrogens with zero attached hydrogens (tertiary/aromatic N) is 1. The summed E-state index contributed by atoms with van der Waals surface area (Å²) in [6.07, 6.45) is 0.103. The summed E-state index contributed by atoms with van der Waals surface area (Å²) in [5, 5.41) is 10.5. The van der Waals surface area contributed by atoms with Crippen LogP contribution in [0.1, 0.15) is 6.42 Å². The Hall–Kier alpha value is -1.94. The van der Waals surface area contributed by atoms with Crippen molar-refractivity contribution in [1.29, 1.82) is 5.26 Å². The highest BCUT2D eigenvalue weighted by Gasteiger charge is 2.19. The lowest BCUT2D eigenvalue weighted by Crippen LogP contribution is -2.30. The number of carbonyl (C=O) groups excluding carboxylic acids is 1. The third kappa shape index (κ3) is 4.14. The number of halogens is 1. The molecule has 0 heterocycles. The van der Waals surface area contributed by atoms with Gasteiger partial charge in [-0.15, -0.1) is 0 Å². The zero-order chi connectivity index (χ0) is 13.6. The smallest absolute Gasteiger partial charge is 0.235 e. The topological polar surface area (TPSA) is 87.0 Å². The van der Waals surface area contributed by atoms with E-state index < -0.39 is 27.3 Å². The minimum atomic E-state index is -3.85. The average molecular weight is 270 g/mol. The van der Waals surface area contributed by atoms with Gasteiger partial charge >= 0.3 is 0 Å². The van der Waals surface area contributed by atoms with Crippen LogP contribution < -0.4 is 5.32 Å². The van der Waals surface area contributed by atoms with Crippen LogP contribution in [-0.4, -0.2) is 26.6 Å². The van der Waals surface area contributed by atoms with Crippen LogP contribution in [0, 0.1) is 17.1 Å². The van der Waals surface area contributed by atoms with E-state index in [-0.39, 0.29) is 17.9 Å². The van der Waals surface area contributed by atoms with Gasteiger partial charge in [0.25, 0.3) is 0 Å². The van der Waals surface area contributed by atoms with Crippen LogP contribution in [0.25, 0.3) is 0 Å². The molecule has 0 bridgehead atoms. The Balaban J connectivity index is 2.71. The Morgan fingerprint density at radius 1 is 1.44 bits per heavy atom. The summed E-state index contributed by atoms with van der Waals surface area (Å²) in [7, 11) is -3.85. The van der Waals surface area contributed by atoms with Crippen LogP contribution in [0.2, 0.25) is 0 Å². The zero-order valence-corrected chi connectivity index (χ0v) is 10.2. The van der Waals surface area contributed by atoms with E-state index in [2.05, 4.69) is 5.32 Å². The van der Waals surface area contributed by atoms with Crippen LogP contribution in [-0.2, 0) is 14.6 Å². The summed E-state index contributed by atoms with van der Waals surface area (Å²) in [5.41, 5.74) is 0. The molecular weight excluding hydrogens is 259 g/mol. The third-order valence-corrected chi connectivity index (χ3v) is 3.65. The number of amides is 1. The molecule has 0 unspecified atom stereocenters. The lowest BCUT2D eigenvalue weighted by molar-refractivity contribution is -0.118. The van der Waals surface area contributed by atoms with E-state index in [4.69, 9.17) is 5.26 Å². The quantitative estimate of drug-likeness (QED) is 0.795. The molecule has 0 saturated heterocycles. The molecule has 0 saturated carbocycles. The summed E-state index contributed by atoms with van der Waals surface area (Å²) in [6, 6.07) is 6.27. The summed E-state index contributed by atoms with van der Waals surface area (Å²) in [4.78, 5) is 11.1. The minimum Gasteiger partial charge on any atom is -0.354 e. The van der Waals surface area contributed by atoms with Crippen molar-refractivity contribution in [1.82, 2.24) is 5.32 Å². The molecule has 1 rings (SSSR count). The molecular formula is C11H11FN2O3S. The highest BCUT2D eigenvalue weighted by Crippen LogP contribution is 2.12. The van der Waals surface area contributed by atoms with Crippen LogP contribution in [0.3, 0.4) is 0 Å². The van der Waals surface area contributed by atoms with Crippen molar-refractivity contribution in [3.05, 3.63) is 30.1 Å². The van der Waals surface area contributed by atoms with Gasteiger partial charge in [0.05, 0.1) is 17.4 Å². The molecule has 96 valence electrons. The number of carbonyl (C=O) groups is 1. The van der Waals surface area contributed by atoms with E-state index in [0.717, 1.165) is 12.1 Å². The van der Waals surface area contributed by atoms with E-state index in [1.807, 2.05) is 6.07 Å². The summed E-state index contributed by atoms with van der Waals surface area (Å²) in [6.45, 7) is 0.0913. The van der Waals surface area contributed by atoms with Crippen LogP contribution in [0.5, 0.6) is 0 Å².